The van der Waals surface area contributed by atoms with Crippen LogP contribution < -0.4 is 0 Å². The van der Waals surface area contributed by atoms with Crippen LogP contribution in [0.15, 0.2) is 68.6 Å². The minimum Gasteiger partial charge on any atom is -0.186 e. The molecule has 0 N–H and O–H groups in total. The molecule has 0 spiro atoms. The van der Waals surface area contributed by atoms with Gasteiger partial charge in [0.25, 0.3) is 0 Å². The van der Waals surface area contributed by atoms with Gasteiger partial charge in [-0.25, -0.2) is 0 Å². The molecule has 2 aromatic heterocycles. The molecule has 0 atom stereocenters. The summed E-state index contributed by atoms with van der Waals surface area (Å²) >= 11 is 6.89. The first-order chi connectivity index (χ1) is 12.3. The number of fused-ring (bicyclic) bond motifs is 2. The van der Waals surface area contributed by atoms with Crippen molar-refractivity contribution in [2.75, 3.05) is 5.75 Å². The highest BCUT2D eigenvalue weighted by atomic mass is 79.9. The van der Waals surface area contributed by atoms with E-state index in [2.05, 4.69) is 68.6 Å². The quantitative estimate of drug-likeness (QED) is 0.437. The van der Waals surface area contributed by atoms with Crippen molar-refractivity contribution >= 4 is 55.5 Å². The predicted octanol–water partition coefficient (Wildman–Crippen LogP) is 5.28. The van der Waals surface area contributed by atoms with Gasteiger partial charge in [-0.2, -0.15) is 9.78 Å². The molecule has 0 saturated heterocycles. The Morgan fingerprint density at radius 1 is 0.960 bits per heavy atom. The van der Waals surface area contributed by atoms with Crippen molar-refractivity contribution < 1.29 is 0 Å². The Morgan fingerprint density at radius 2 is 1.84 bits per heavy atom. The fourth-order valence-corrected chi connectivity index (χ4v) is 5.11. The van der Waals surface area contributed by atoms with E-state index in [1.165, 1.54) is 15.6 Å². The summed E-state index contributed by atoms with van der Waals surface area (Å²) in [5, 5.41) is 16.8. The van der Waals surface area contributed by atoms with Crippen molar-refractivity contribution in [1.29, 1.82) is 0 Å². The van der Waals surface area contributed by atoms with Crippen LogP contribution in [-0.4, -0.2) is 26.3 Å². The van der Waals surface area contributed by atoms with E-state index < -0.39 is 0 Å². The van der Waals surface area contributed by atoms with Crippen molar-refractivity contribution in [3.63, 3.8) is 0 Å². The van der Waals surface area contributed by atoms with E-state index in [4.69, 9.17) is 5.10 Å². The number of hydrogen-bond acceptors (Lipinski definition) is 5. The van der Waals surface area contributed by atoms with Crippen LogP contribution >= 0.6 is 39.0 Å². The van der Waals surface area contributed by atoms with Gasteiger partial charge in [0.2, 0.25) is 5.16 Å². The first kappa shape index (κ1) is 15.3. The SMILES string of the molecule is Brc1ccc(C2=Nn3c(nnc3-c3ccc4ccccc4c3)SC2)s1. The molecular formula is C18H11BrN4S2. The molecule has 5 rings (SSSR count). The maximum absolute atomic E-state index is 4.82. The van der Waals surface area contributed by atoms with E-state index in [9.17, 15) is 0 Å². The van der Waals surface area contributed by atoms with Crippen LogP contribution in [-0.2, 0) is 0 Å². The number of rotatable bonds is 2. The van der Waals surface area contributed by atoms with Crippen LogP contribution in [0.3, 0.4) is 0 Å². The Balaban J connectivity index is 1.63. The highest BCUT2D eigenvalue weighted by Crippen LogP contribution is 2.32. The molecule has 0 aliphatic carbocycles. The zero-order valence-electron chi connectivity index (χ0n) is 12.9. The fourth-order valence-electron chi connectivity index (χ4n) is 2.83. The van der Waals surface area contributed by atoms with E-state index in [1.54, 1.807) is 23.1 Å². The summed E-state index contributed by atoms with van der Waals surface area (Å²) in [6, 6.07) is 18.8. The Labute approximate surface area is 160 Å². The second kappa shape index (κ2) is 6.09. The average molecular weight is 427 g/mol. The number of aromatic nitrogens is 3. The Morgan fingerprint density at radius 3 is 2.68 bits per heavy atom. The molecule has 122 valence electrons. The third kappa shape index (κ3) is 2.72. The molecule has 0 fully saturated rings. The molecule has 0 unspecified atom stereocenters. The summed E-state index contributed by atoms with van der Waals surface area (Å²) in [4.78, 5) is 1.17. The maximum Gasteiger partial charge on any atom is 0.212 e. The number of thiophene rings is 1. The average Bonchev–Trinajstić information content (AvgIpc) is 3.27. The number of thioether (sulfide) groups is 1. The zero-order valence-corrected chi connectivity index (χ0v) is 16.1. The highest BCUT2D eigenvalue weighted by Gasteiger charge is 2.21. The van der Waals surface area contributed by atoms with Gasteiger partial charge < -0.3 is 0 Å². The van der Waals surface area contributed by atoms with Gasteiger partial charge in [-0.3, -0.25) is 0 Å². The van der Waals surface area contributed by atoms with Crippen LogP contribution in [0.5, 0.6) is 0 Å². The number of nitrogens with zero attached hydrogens (tertiary/aromatic N) is 4. The summed E-state index contributed by atoms with van der Waals surface area (Å²) < 4.78 is 2.97. The summed E-state index contributed by atoms with van der Waals surface area (Å²) in [6.45, 7) is 0. The minimum atomic E-state index is 0.779. The predicted molar refractivity (Wildman–Crippen MR) is 108 cm³/mol. The van der Waals surface area contributed by atoms with Gasteiger partial charge in [0.1, 0.15) is 0 Å². The lowest BCUT2D eigenvalue weighted by Crippen LogP contribution is -2.12. The van der Waals surface area contributed by atoms with E-state index in [0.717, 1.165) is 31.8 Å². The number of hydrogen-bond donors (Lipinski definition) is 0. The Bertz CT molecular complexity index is 1130. The molecule has 25 heavy (non-hydrogen) atoms. The summed E-state index contributed by atoms with van der Waals surface area (Å²) in [7, 11) is 0. The molecule has 2 aromatic carbocycles. The van der Waals surface area contributed by atoms with Gasteiger partial charge in [0, 0.05) is 11.3 Å². The zero-order chi connectivity index (χ0) is 16.8. The Kier molecular flexibility index (Phi) is 3.73. The molecular weight excluding hydrogens is 416 g/mol. The molecule has 3 heterocycles. The van der Waals surface area contributed by atoms with E-state index in [1.807, 2.05) is 16.8 Å². The topological polar surface area (TPSA) is 43.1 Å². The van der Waals surface area contributed by atoms with Gasteiger partial charge in [-0.1, -0.05) is 48.2 Å². The molecule has 1 aliphatic rings. The largest absolute Gasteiger partial charge is 0.212 e. The van der Waals surface area contributed by atoms with Crippen molar-refractivity contribution in [3.8, 4) is 11.4 Å². The number of benzene rings is 2. The Hall–Kier alpha value is -1.96. The second-order valence-corrected chi connectivity index (χ2v) is 9.02. The minimum absolute atomic E-state index is 0.779. The van der Waals surface area contributed by atoms with Gasteiger partial charge in [-0.15, -0.1) is 21.5 Å². The lowest BCUT2D eigenvalue weighted by atomic mass is 10.1. The monoisotopic (exact) mass is 426 g/mol. The molecule has 0 amide bonds. The molecule has 0 saturated carbocycles. The lowest BCUT2D eigenvalue weighted by Gasteiger charge is -2.12. The van der Waals surface area contributed by atoms with Gasteiger partial charge in [-0.05, 0) is 44.9 Å². The van der Waals surface area contributed by atoms with E-state index in [-0.39, 0.29) is 0 Å². The number of halogens is 1. The smallest absolute Gasteiger partial charge is 0.186 e. The standard InChI is InChI=1S/C18H11BrN4S2/c19-16-8-7-15(25-16)14-10-24-18-21-20-17(23(18)22-14)13-6-5-11-3-1-2-4-12(11)9-13/h1-9H,10H2. The first-order valence-electron chi connectivity index (χ1n) is 7.69. The van der Waals surface area contributed by atoms with Crippen LogP contribution in [0.2, 0.25) is 0 Å². The third-order valence-electron chi connectivity index (χ3n) is 4.04. The maximum atomic E-state index is 4.82. The van der Waals surface area contributed by atoms with Crippen LogP contribution in [0.25, 0.3) is 22.2 Å². The molecule has 4 nitrogen and oxygen atoms in total. The molecule has 7 heteroatoms. The molecule has 0 radical (unpaired) electrons. The summed E-state index contributed by atoms with van der Waals surface area (Å²) in [5.41, 5.74) is 2.07. The molecule has 1 aliphatic heterocycles. The highest BCUT2D eigenvalue weighted by molar-refractivity contribution is 9.11. The molecule has 0 bridgehead atoms. The fraction of sp³-hybridized carbons (Fsp3) is 0.0556. The lowest BCUT2D eigenvalue weighted by molar-refractivity contribution is 0.763. The van der Waals surface area contributed by atoms with Crippen molar-refractivity contribution in [2.24, 2.45) is 5.10 Å². The summed E-state index contributed by atoms with van der Waals surface area (Å²) in [5.74, 6) is 1.59. The van der Waals surface area contributed by atoms with Crippen molar-refractivity contribution in [1.82, 2.24) is 14.9 Å². The van der Waals surface area contributed by atoms with Crippen LogP contribution in [0, 0.1) is 0 Å². The van der Waals surface area contributed by atoms with Gasteiger partial charge >= 0.3 is 0 Å². The van der Waals surface area contributed by atoms with Crippen LogP contribution in [0.1, 0.15) is 4.88 Å². The van der Waals surface area contributed by atoms with Gasteiger partial charge in [0.05, 0.1) is 14.4 Å². The van der Waals surface area contributed by atoms with Crippen molar-refractivity contribution in [2.45, 2.75) is 5.16 Å². The van der Waals surface area contributed by atoms with E-state index >= 15 is 0 Å². The normalized spacial score (nSPS) is 13.7. The third-order valence-corrected chi connectivity index (χ3v) is 6.64. The summed E-state index contributed by atoms with van der Waals surface area (Å²) in [6.07, 6.45) is 0. The van der Waals surface area contributed by atoms with Crippen molar-refractivity contribution in [3.05, 3.63) is 63.3 Å². The van der Waals surface area contributed by atoms with Gasteiger partial charge in [0.15, 0.2) is 5.82 Å². The van der Waals surface area contributed by atoms with E-state index in [0.29, 0.717) is 0 Å². The van der Waals surface area contributed by atoms with Crippen LogP contribution in [0.4, 0.5) is 0 Å². The molecule has 4 aromatic rings. The first-order valence-corrected chi connectivity index (χ1v) is 10.3. The second-order valence-electron chi connectivity index (χ2n) is 5.62.